The van der Waals surface area contributed by atoms with Crippen molar-refractivity contribution >= 4 is 0 Å². The van der Waals surface area contributed by atoms with Gasteiger partial charge in [0.2, 0.25) is 5.88 Å². The smallest absolute Gasteiger partial charge is 0.223 e. The van der Waals surface area contributed by atoms with E-state index in [9.17, 15) is 0 Å². The van der Waals surface area contributed by atoms with E-state index in [2.05, 4.69) is 30.2 Å². The summed E-state index contributed by atoms with van der Waals surface area (Å²) >= 11 is 0. The van der Waals surface area contributed by atoms with E-state index in [4.69, 9.17) is 10.00 Å². The van der Waals surface area contributed by atoms with Crippen LogP contribution in [0.15, 0.2) is 42.6 Å². The molecule has 0 aliphatic heterocycles. The molecule has 4 nitrogen and oxygen atoms in total. The summed E-state index contributed by atoms with van der Waals surface area (Å²) in [5.41, 5.74) is 1.58. The number of nitrogens with one attached hydrogen (secondary N) is 1. The molecule has 2 aromatic rings. The van der Waals surface area contributed by atoms with Crippen LogP contribution in [-0.2, 0) is 0 Å². The van der Waals surface area contributed by atoms with Crippen LogP contribution < -0.4 is 10.1 Å². The van der Waals surface area contributed by atoms with Crippen molar-refractivity contribution in [3.8, 4) is 17.7 Å². The number of hydrogen-bond acceptors (Lipinski definition) is 4. The number of nitrogens with zero attached hydrogens (tertiary/aromatic N) is 2. The average molecular weight is 281 g/mol. The van der Waals surface area contributed by atoms with Crippen molar-refractivity contribution in [2.24, 2.45) is 0 Å². The van der Waals surface area contributed by atoms with E-state index >= 15 is 0 Å². The molecular formula is C17H19N3O. The van der Waals surface area contributed by atoms with Crippen LogP contribution in [0.1, 0.15) is 37.4 Å². The minimum absolute atomic E-state index is 0.160. The number of ether oxygens (including phenoxy) is 1. The third kappa shape index (κ3) is 4.04. The number of pyridine rings is 1. The Morgan fingerprint density at radius 2 is 2.19 bits per heavy atom. The quantitative estimate of drug-likeness (QED) is 0.874. The largest absolute Gasteiger partial charge is 0.439 e. The van der Waals surface area contributed by atoms with Gasteiger partial charge in [-0.1, -0.05) is 19.1 Å². The number of hydrogen-bond donors (Lipinski definition) is 1. The van der Waals surface area contributed by atoms with Crippen LogP contribution in [0.5, 0.6) is 11.6 Å². The third-order valence-electron chi connectivity index (χ3n) is 3.15. The Labute approximate surface area is 125 Å². The van der Waals surface area contributed by atoms with E-state index in [-0.39, 0.29) is 6.04 Å². The molecule has 1 atom stereocenters. The second-order valence-electron chi connectivity index (χ2n) is 4.82. The average Bonchev–Trinajstić information content (AvgIpc) is 2.53. The van der Waals surface area contributed by atoms with Gasteiger partial charge in [-0.3, -0.25) is 0 Å². The molecule has 0 saturated heterocycles. The van der Waals surface area contributed by atoms with Gasteiger partial charge in [0.15, 0.2) is 0 Å². The summed E-state index contributed by atoms with van der Waals surface area (Å²) in [6.07, 6.45) is 2.78. The zero-order chi connectivity index (χ0) is 15.1. The molecule has 4 heteroatoms. The standard InChI is InChI=1S/C17H19N3O/c1-3-9-19-13(2)16-8-5-10-20-17(16)21-15-7-4-6-14(11-15)12-18/h4-8,10-11,13,19H,3,9H2,1-2H3. The van der Waals surface area contributed by atoms with Gasteiger partial charge < -0.3 is 10.1 Å². The lowest BCUT2D eigenvalue weighted by molar-refractivity contribution is 0.442. The van der Waals surface area contributed by atoms with Crippen molar-refractivity contribution in [2.75, 3.05) is 6.54 Å². The third-order valence-corrected chi connectivity index (χ3v) is 3.15. The first-order chi connectivity index (χ1) is 10.2. The Bertz CT molecular complexity index is 634. The Morgan fingerprint density at radius 3 is 2.95 bits per heavy atom. The van der Waals surface area contributed by atoms with Crippen LogP contribution in [0.3, 0.4) is 0 Å². The van der Waals surface area contributed by atoms with Gasteiger partial charge >= 0.3 is 0 Å². The molecular weight excluding hydrogens is 262 g/mol. The fourth-order valence-corrected chi connectivity index (χ4v) is 2.03. The molecule has 1 aromatic heterocycles. The minimum Gasteiger partial charge on any atom is -0.439 e. The predicted octanol–water partition coefficient (Wildman–Crippen LogP) is 3.81. The van der Waals surface area contributed by atoms with Crippen molar-refractivity contribution < 1.29 is 4.74 Å². The molecule has 0 spiro atoms. The fourth-order valence-electron chi connectivity index (χ4n) is 2.03. The van der Waals surface area contributed by atoms with Gasteiger partial charge in [-0.05, 0) is 44.2 Å². The van der Waals surface area contributed by atoms with E-state index in [1.807, 2.05) is 18.2 Å². The normalized spacial score (nSPS) is 11.7. The van der Waals surface area contributed by atoms with Crippen molar-refractivity contribution in [3.05, 3.63) is 53.7 Å². The van der Waals surface area contributed by atoms with Crippen LogP contribution in [0.2, 0.25) is 0 Å². The fraction of sp³-hybridized carbons (Fsp3) is 0.294. The van der Waals surface area contributed by atoms with Crippen molar-refractivity contribution in [1.82, 2.24) is 10.3 Å². The first kappa shape index (κ1) is 15.0. The van der Waals surface area contributed by atoms with Gasteiger partial charge in [0.05, 0.1) is 11.6 Å². The van der Waals surface area contributed by atoms with Crippen LogP contribution in [0.25, 0.3) is 0 Å². The van der Waals surface area contributed by atoms with Crippen LogP contribution in [0.4, 0.5) is 0 Å². The first-order valence-electron chi connectivity index (χ1n) is 7.11. The van der Waals surface area contributed by atoms with Crippen molar-refractivity contribution in [3.63, 3.8) is 0 Å². The van der Waals surface area contributed by atoms with Crippen LogP contribution >= 0.6 is 0 Å². The zero-order valence-corrected chi connectivity index (χ0v) is 12.3. The van der Waals surface area contributed by atoms with E-state index in [1.165, 1.54) is 0 Å². The highest BCUT2D eigenvalue weighted by molar-refractivity contribution is 5.39. The summed E-state index contributed by atoms with van der Waals surface area (Å²) in [7, 11) is 0. The number of aromatic nitrogens is 1. The molecule has 0 saturated carbocycles. The van der Waals surface area contributed by atoms with Gasteiger partial charge in [0.25, 0.3) is 0 Å². The van der Waals surface area contributed by atoms with E-state index in [0.717, 1.165) is 18.5 Å². The summed E-state index contributed by atoms with van der Waals surface area (Å²) in [5, 5.41) is 12.4. The highest BCUT2D eigenvalue weighted by Crippen LogP contribution is 2.27. The molecule has 1 heterocycles. The van der Waals surface area contributed by atoms with Crippen LogP contribution in [0, 0.1) is 11.3 Å². The topological polar surface area (TPSA) is 57.9 Å². The maximum absolute atomic E-state index is 8.94. The van der Waals surface area contributed by atoms with Gasteiger partial charge in [0, 0.05) is 17.8 Å². The van der Waals surface area contributed by atoms with Crippen molar-refractivity contribution in [2.45, 2.75) is 26.3 Å². The van der Waals surface area contributed by atoms with Crippen molar-refractivity contribution in [1.29, 1.82) is 5.26 Å². The molecule has 2 rings (SSSR count). The Kier molecular flexibility index (Phi) is 5.30. The molecule has 0 aliphatic rings. The molecule has 0 bridgehead atoms. The lowest BCUT2D eigenvalue weighted by atomic mass is 10.1. The molecule has 1 aromatic carbocycles. The van der Waals surface area contributed by atoms with Gasteiger partial charge in [-0.25, -0.2) is 4.98 Å². The van der Waals surface area contributed by atoms with E-state index in [0.29, 0.717) is 17.2 Å². The number of benzene rings is 1. The van der Waals surface area contributed by atoms with E-state index in [1.54, 1.807) is 24.4 Å². The molecule has 108 valence electrons. The zero-order valence-electron chi connectivity index (χ0n) is 12.3. The lowest BCUT2D eigenvalue weighted by Gasteiger charge is -2.16. The van der Waals surface area contributed by atoms with Crippen LogP contribution in [-0.4, -0.2) is 11.5 Å². The predicted molar refractivity (Wildman–Crippen MR) is 82.2 cm³/mol. The second-order valence-corrected chi connectivity index (χ2v) is 4.82. The summed E-state index contributed by atoms with van der Waals surface area (Å²) < 4.78 is 5.85. The summed E-state index contributed by atoms with van der Waals surface area (Å²) in [4.78, 5) is 4.31. The lowest BCUT2D eigenvalue weighted by Crippen LogP contribution is -2.20. The Hall–Kier alpha value is -2.38. The SMILES string of the molecule is CCCNC(C)c1cccnc1Oc1cccc(C#N)c1. The highest BCUT2D eigenvalue weighted by atomic mass is 16.5. The molecule has 0 amide bonds. The maximum atomic E-state index is 8.94. The first-order valence-corrected chi connectivity index (χ1v) is 7.11. The molecule has 21 heavy (non-hydrogen) atoms. The summed E-state index contributed by atoms with van der Waals surface area (Å²) in [6.45, 7) is 5.17. The number of rotatable bonds is 6. The maximum Gasteiger partial charge on any atom is 0.223 e. The van der Waals surface area contributed by atoms with Gasteiger partial charge in [-0.2, -0.15) is 5.26 Å². The van der Waals surface area contributed by atoms with Gasteiger partial charge in [0.1, 0.15) is 5.75 Å². The number of nitriles is 1. The Balaban J connectivity index is 2.21. The second kappa shape index (κ2) is 7.41. The van der Waals surface area contributed by atoms with Gasteiger partial charge in [-0.15, -0.1) is 0 Å². The monoisotopic (exact) mass is 281 g/mol. The molecule has 0 radical (unpaired) electrons. The summed E-state index contributed by atoms with van der Waals surface area (Å²) in [5.74, 6) is 1.19. The molecule has 1 unspecified atom stereocenters. The summed E-state index contributed by atoms with van der Waals surface area (Å²) in [6, 6.07) is 13.3. The molecule has 0 aliphatic carbocycles. The molecule has 1 N–H and O–H groups in total. The Morgan fingerprint density at radius 1 is 1.33 bits per heavy atom. The highest BCUT2D eigenvalue weighted by Gasteiger charge is 2.12. The molecule has 0 fully saturated rings. The minimum atomic E-state index is 0.160. The van der Waals surface area contributed by atoms with E-state index < -0.39 is 0 Å².